The highest BCUT2D eigenvalue weighted by Crippen LogP contribution is 2.26. The van der Waals surface area contributed by atoms with Gasteiger partial charge in [-0.1, -0.05) is 65.5 Å². The number of rotatable bonds is 9. The number of carbonyl (C=O) groups excluding carboxylic acids is 2. The number of thioether (sulfide) groups is 1. The van der Waals surface area contributed by atoms with Gasteiger partial charge in [-0.2, -0.15) is 0 Å². The highest BCUT2D eigenvalue weighted by atomic mass is 35.5. The number of hydrogen-bond acceptors (Lipinski definition) is 3. The fourth-order valence-electron chi connectivity index (χ4n) is 3.18. The third kappa shape index (κ3) is 8.88. The SMILES string of the molecule is CCC(C(=O)NC(C)(C)C)N(Cc1ccc(Cl)c(Cl)c1)C(=O)CSCc1ccc(Cl)c(Cl)c1. The number of hydrogen-bond donors (Lipinski definition) is 1. The third-order valence-electron chi connectivity index (χ3n) is 4.70. The maximum atomic E-state index is 13.3. The van der Waals surface area contributed by atoms with Gasteiger partial charge in [0.1, 0.15) is 6.04 Å². The molecular formula is C24H28Cl4N2O2S. The van der Waals surface area contributed by atoms with Gasteiger partial charge in [-0.05, 0) is 62.6 Å². The molecule has 2 aromatic carbocycles. The second-order valence-corrected chi connectivity index (χ2v) is 11.3. The summed E-state index contributed by atoms with van der Waals surface area (Å²) in [6.07, 6.45) is 0.479. The molecule has 180 valence electrons. The summed E-state index contributed by atoms with van der Waals surface area (Å²) < 4.78 is 0. The Morgan fingerprint density at radius 2 is 1.48 bits per heavy atom. The predicted molar refractivity (Wildman–Crippen MR) is 142 cm³/mol. The van der Waals surface area contributed by atoms with Crippen LogP contribution in [0.2, 0.25) is 20.1 Å². The van der Waals surface area contributed by atoms with Gasteiger partial charge in [0, 0.05) is 17.8 Å². The van der Waals surface area contributed by atoms with Crippen molar-refractivity contribution in [3.63, 3.8) is 0 Å². The number of carbonyl (C=O) groups is 2. The highest BCUT2D eigenvalue weighted by Gasteiger charge is 2.30. The minimum absolute atomic E-state index is 0.137. The molecule has 0 saturated heterocycles. The molecule has 0 aliphatic carbocycles. The maximum absolute atomic E-state index is 13.3. The first-order valence-electron chi connectivity index (χ1n) is 10.5. The van der Waals surface area contributed by atoms with E-state index in [1.807, 2.05) is 39.8 Å². The van der Waals surface area contributed by atoms with Crippen LogP contribution in [0.25, 0.3) is 0 Å². The van der Waals surface area contributed by atoms with Crippen molar-refractivity contribution in [3.05, 3.63) is 67.6 Å². The lowest BCUT2D eigenvalue weighted by atomic mass is 10.1. The average molecular weight is 550 g/mol. The molecule has 0 saturated carbocycles. The van der Waals surface area contributed by atoms with Crippen LogP contribution in [0.15, 0.2) is 36.4 Å². The van der Waals surface area contributed by atoms with Crippen molar-refractivity contribution in [2.45, 2.75) is 58.0 Å². The van der Waals surface area contributed by atoms with Crippen LogP contribution in [0.1, 0.15) is 45.2 Å². The summed E-state index contributed by atoms with van der Waals surface area (Å²) in [6.45, 7) is 7.88. The first-order valence-corrected chi connectivity index (χ1v) is 13.1. The van der Waals surface area contributed by atoms with E-state index in [4.69, 9.17) is 46.4 Å². The summed E-state index contributed by atoms with van der Waals surface area (Å²) >= 11 is 25.7. The van der Waals surface area contributed by atoms with Crippen LogP contribution in [-0.2, 0) is 21.9 Å². The summed E-state index contributed by atoms with van der Waals surface area (Å²) in [5.41, 5.74) is 1.36. The van der Waals surface area contributed by atoms with Crippen molar-refractivity contribution in [2.75, 3.05) is 5.75 Å². The molecule has 33 heavy (non-hydrogen) atoms. The van der Waals surface area contributed by atoms with E-state index in [-0.39, 0.29) is 24.1 Å². The van der Waals surface area contributed by atoms with E-state index in [0.29, 0.717) is 32.3 Å². The van der Waals surface area contributed by atoms with Crippen molar-refractivity contribution >= 4 is 70.0 Å². The molecule has 4 nitrogen and oxygen atoms in total. The first kappa shape index (κ1) is 28.1. The van der Waals surface area contributed by atoms with E-state index >= 15 is 0 Å². The third-order valence-corrected chi connectivity index (χ3v) is 7.17. The molecule has 1 unspecified atom stereocenters. The zero-order valence-electron chi connectivity index (χ0n) is 19.1. The van der Waals surface area contributed by atoms with Crippen molar-refractivity contribution < 1.29 is 9.59 Å². The summed E-state index contributed by atoms with van der Waals surface area (Å²) in [5, 5.41) is 4.80. The Kier molecular flexibility index (Phi) is 10.7. The Balaban J connectivity index is 2.19. The van der Waals surface area contributed by atoms with Crippen molar-refractivity contribution in [1.29, 1.82) is 0 Å². The normalized spacial score (nSPS) is 12.4. The van der Waals surface area contributed by atoms with Gasteiger partial charge in [0.25, 0.3) is 0 Å². The largest absolute Gasteiger partial charge is 0.350 e. The van der Waals surface area contributed by atoms with Crippen LogP contribution >= 0.6 is 58.2 Å². The smallest absolute Gasteiger partial charge is 0.243 e. The van der Waals surface area contributed by atoms with Crippen LogP contribution in [0.3, 0.4) is 0 Å². The molecular weight excluding hydrogens is 522 g/mol. The quantitative estimate of drug-likeness (QED) is 0.358. The van der Waals surface area contributed by atoms with E-state index in [1.165, 1.54) is 11.8 Å². The molecule has 0 spiro atoms. The van der Waals surface area contributed by atoms with Gasteiger partial charge < -0.3 is 10.2 Å². The van der Waals surface area contributed by atoms with Gasteiger partial charge >= 0.3 is 0 Å². The highest BCUT2D eigenvalue weighted by molar-refractivity contribution is 7.99. The lowest BCUT2D eigenvalue weighted by Gasteiger charge is -2.33. The van der Waals surface area contributed by atoms with Gasteiger partial charge in [-0.3, -0.25) is 9.59 Å². The Hall–Kier alpha value is -1.11. The fraction of sp³-hybridized carbons (Fsp3) is 0.417. The van der Waals surface area contributed by atoms with Crippen LogP contribution in [0.5, 0.6) is 0 Å². The zero-order chi connectivity index (χ0) is 24.8. The monoisotopic (exact) mass is 548 g/mol. The molecule has 0 aliphatic rings. The molecule has 0 fully saturated rings. The number of halogens is 4. The second-order valence-electron chi connectivity index (χ2n) is 8.67. The van der Waals surface area contributed by atoms with E-state index < -0.39 is 11.6 Å². The molecule has 1 atom stereocenters. The molecule has 2 amide bonds. The molecule has 0 aromatic heterocycles. The number of amides is 2. The van der Waals surface area contributed by atoms with E-state index in [1.54, 1.807) is 29.2 Å². The maximum Gasteiger partial charge on any atom is 0.243 e. The first-order chi connectivity index (χ1) is 15.4. The molecule has 2 aromatic rings. The molecule has 0 radical (unpaired) electrons. The van der Waals surface area contributed by atoms with Crippen molar-refractivity contribution in [3.8, 4) is 0 Å². The molecule has 0 bridgehead atoms. The van der Waals surface area contributed by atoms with Crippen LogP contribution in [0.4, 0.5) is 0 Å². The summed E-state index contributed by atoms with van der Waals surface area (Å²) in [4.78, 5) is 27.9. The number of nitrogens with zero attached hydrogens (tertiary/aromatic N) is 1. The molecule has 1 N–H and O–H groups in total. The van der Waals surface area contributed by atoms with E-state index in [2.05, 4.69) is 5.32 Å². The average Bonchev–Trinajstić information content (AvgIpc) is 2.71. The van der Waals surface area contributed by atoms with Gasteiger partial charge in [-0.25, -0.2) is 0 Å². The molecule has 2 rings (SSSR count). The van der Waals surface area contributed by atoms with Crippen LogP contribution < -0.4 is 5.32 Å². The topological polar surface area (TPSA) is 49.4 Å². The summed E-state index contributed by atoms with van der Waals surface area (Å²) in [7, 11) is 0. The summed E-state index contributed by atoms with van der Waals surface area (Å²) in [6, 6.07) is 10.0. The summed E-state index contributed by atoms with van der Waals surface area (Å²) in [5.74, 6) is 0.477. The van der Waals surface area contributed by atoms with Gasteiger partial charge in [0.05, 0.1) is 25.8 Å². The van der Waals surface area contributed by atoms with E-state index in [0.717, 1.165) is 11.1 Å². The molecule has 0 heterocycles. The van der Waals surface area contributed by atoms with Crippen LogP contribution in [-0.4, -0.2) is 34.0 Å². The van der Waals surface area contributed by atoms with Gasteiger partial charge in [0.2, 0.25) is 11.8 Å². The predicted octanol–water partition coefficient (Wildman–Crippen LogP) is 7.26. The number of benzene rings is 2. The fourth-order valence-corrected chi connectivity index (χ4v) is 4.67. The minimum Gasteiger partial charge on any atom is -0.350 e. The Labute approximate surface area is 220 Å². The zero-order valence-corrected chi connectivity index (χ0v) is 22.9. The Bertz CT molecular complexity index is 995. The van der Waals surface area contributed by atoms with Crippen molar-refractivity contribution in [2.24, 2.45) is 0 Å². The lowest BCUT2D eigenvalue weighted by molar-refractivity contribution is -0.140. The van der Waals surface area contributed by atoms with Gasteiger partial charge in [0.15, 0.2) is 0 Å². The van der Waals surface area contributed by atoms with Crippen LogP contribution in [0, 0.1) is 0 Å². The lowest BCUT2D eigenvalue weighted by Crippen LogP contribution is -2.53. The molecule has 9 heteroatoms. The Morgan fingerprint density at radius 3 is 2.00 bits per heavy atom. The van der Waals surface area contributed by atoms with Gasteiger partial charge in [-0.15, -0.1) is 11.8 Å². The number of nitrogens with one attached hydrogen (secondary N) is 1. The molecule has 0 aliphatic heterocycles. The standard InChI is InChI=1S/C24H28Cl4N2O2S/c1-5-21(23(32)29-24(2,3)4)30(12-15-6-8-17(25)19(27)10-15)22(31)14-33-13-16-7-9-18(26)20(28)11-16/h6-11,21H,5,12-14H2,1-4H3,(H,29,32). The van der Waals surface area contributed by atoms with E-state index in [9.17, 15) is 9.59 Å². The minimum atomic E-state index is -0.614. The second kappa shape index (κ2) is 12.6. The Morgan fingerprint density at radius 1 is 0.939 bits per heavy atom. The van der Waals surface area contributed by atoms with Crippen molar-refractivity contribution in [1.82, 2.24) is 10.2 Å².